The first-order valence-electron chi connectivity index (χ1n) is 7.91. The van der Waals surface area contributed by atoms with Crippen LogP contribution in [0.3, 0.4) is 0 Å². The van der Waals surface area contributed by atoms with Crippen molar-refractivity contribution in [1.29, 1.82) is 0 Å². The van der Waals surface area contributed by atoms with Gasteiger partial charge in [0.2, 0.25) is 11.8 Å². The van der Waals surface area contributed by atoms with Gasteiger partial charge in [-0.05, 0) is 48.5 Å². The molecule has 1 N–H and O–H groups in total. The quantitative estimate of drug-likeness (QED) is 0.584. The van der Waals surface area contributed by atoms with E-state index in [1.54, 1.807) is 48.5 Å². The average molecular weight is 390 g/mol. The van der Waals surface area contributed by atoms with E-state index >= 15 is 0 Å². The van der Waals surface area contributed by atoms with E-state index in [-0.39, 0.29) is 11.7 Å². The highest BCUT2D eigenvalue weighted by molar-refractivity contribution is 7.99. The van der Waals surface area contributed by atoms with Gasteiger partial charge in [0.15, 0.2) is 0 Å². The Morgan fingerprint density at radius 3 is 2.38 bits per heavy atom. The van der Waals surface area contributed by atoms with Crippen LogP contribution in [0.15, 0.2) is 58.2 Å². The molecule has 0 saturated carbocycles. The monoisotopic (exact) mass is 389 g/mol. The number of halogens is 1. The molecule has 2 aromatic carbocycles. The number of aromatic nitrogens is 2. The summed E-state index contributed by atoms with van der Waals surface area (Å²) in [5, 5.41) is 11.6. The number of carbonyl (C=O) groups excluding carboxylic acids is 1. The largest absolute Gasteiger partial charge is 0.457 e. The third-order valence-electron chi connectivity index (χ3n) is 3.26. The topological polar surface area (TPSA) is 77.2 Å². The van der Waals surface area contributed by atoms with Gasteiger partial charge in [-0.2, -0.15) is 0 Å². The fourth-order valence-corrected chi connectivity index (χ4v) is 2.72. The molecule has 0 bridgehead atoms. The van der Waals surface area contributed by atoms with Gasteiger partial charge in [0.05, 0.1) is 5.75 Å². The maximum Gasteiger partial charge on any atom is 0.277 e. The number of carbonyl (C=O) groups is 1. The van der Waals surface area contributed by atoms with Crippen LogP contribution in [0, 0.1) is 0 Å². The molecule has 1 amide bonds. The molecule has 0 aliphatic rings. The summed E-state index contributed by atoms with van der Waals surface area (Å²) >= 11 is 7.05. The smallest absolute Gasteiger partial charge is 0.277 e. The van der Waals surface area contributed by atoms with E-state index in [9.17, 15) is 4.79 Å². The average Bonchev–Trinajstić information content (AvgIpc) is 3.12. The molecule has 26 heavy (non-hydrogen) atoms. The molecular formula is C18H16ClN3O3S. The van der Waals surface area contributed by atoms with E-state index in [2.05, 4.69) is 15.5 Å². The summed E-state index contributed by atoms with van der Waals surface area (Å²) in [6.07, 6.45) is 0.671. The van der Waals surface area contributed by atoms with Crippen LogP contribution in [0.25, 0.3) is 0 Å². The fourth-order valence-electron chi connectivity index (χ4n) is 2.01. The molecular weight excluding hydrogens is 374 g/mol. The lowest BCUT2D eigenvalue weighted by Crippen LogP contribution is -2.13. The minimum absolute atomic E-state index is 0.155. The number of nitrogens with one attached hydrogen (secondary N) is 1. The van der Waals surface area contributed by atoms with Gasteiger partial charge in [-0.25, -0.2) is 0 Å². The highest BCUT2D eigenvalue weighted by Gasteiger charge is 2.09. The van der Waals surface area contributed by atoms with Crippen molar-refractivity contribution >= 4 is 35.0 Å². The molecule has 1 heterocycles. The van der Waals surface area contributed by atoms with E-state index in [0.717, 1.165) is 0 Å². The first-order chi connectivity index (χ1) is 12.6. The summed E-state index contributed by atoms with van der Waals surface area (Å²) in [4.78, 5) is 12.0. The van der Waals surface area contributed by atoms with Crippen LogP contribution in [-0.2, 0) is 11.2 Å². The standard InChI is InChI=1S/C18H16ClN3O3S/c1-2-17-21-22-18(25-17)26-11-16(23)20-13-5-9-15(10-6-13)24-14-7-3-12(19)4-8-14/h3-10H,2,11H2,1H3,(H,20,23). The van der Waals surface area contributed by atoms with Crippen molar-refractivity contribution in [1.82, 2.24) is 10.2 Å². The minimum Gasteiger partial charge on any atom is -0.457 e. The van der Waals surface area contributed by atoms with E-state index in [4.69, 9.17) is 20.8 Å². The number of aryl methyl sites for hydroxylation is 1. The van der Waals surface area contributed by atoms with Crippen LogP contribution < -0.4 is 10.1 Å². The Morgan fingerprint density at radius 1 is 1.12 bits per heavy atom. The van der Waals surface area contributed by atoms with Crippen LogP contribution in [-0.4, -0.2) is 21.9 Å². The van der Waals surface area contributed by atoms with Gasteiger partial charge in [0.1, 0.15) is 11.5 Å². The Morgan fingerprint density at radius 2 is 1.77 bits per heavy atom. The van der Waals surface area contributed by atoms with Gasteiger partial charge in [-0.15, -0.1) is 10.2 Å². The number of benzene rings is 2. The van der Waals surface area contributed by atoms with E-state index < -0.39 is 0 Å². The van der Waals surface area contributed by atoms with Crippen LogP contribution in [0.2, 0.25) is 5.02 Å². The third kappa shape index (κ3) is 5.24. The number of nitrogens with zero attached hydrogens (tertiary/aromatic N) is 2. The Labute approximate surface area is 159 Å². The Kier molecular flexibility index (Phi) is 6.14. The molecule has 6 nitrogen and oxygen atoms in total. The van der Waals surface area contributed by atoms with Crippen LogP contribution in [0.1, 0.15) is 12.8 Å². The molecule has 0 unspecified atom stereocenters. The lowest BCUT2D eigenvalue weighted by atomic mass is 10.3. The number of rotatable bonds is 7. The Hall–Kier alpha value is -2.51. The number of hydrogen-bond donors (Lipinski definition) is 1. The zero-order valence-corrected chi connectivity index (χ0v) is 15.5. The van der Waals surface area contributed by atoms with Gasteiger partial charge in [0, 0.05) is 17.1 Å². The summed E-state index contributed by atoms with van der Waals surface area (Å²) in [7, 11) is 0. The van der Waals surface area contributed by atoms with Crippen molar-refractivity contribution in [2.45, 2.75) is 18.6 Å². The van der Waals surface area contributed by atoms with Crippen molar-refractivity contribution in [2.75, 3.05) is 11.1 Å². The zero-order valence-electron chi connectivity index (χ0n) is 13.9. The highest BCUT2D eigenvalue weighted by atomic mass is 35.5. The molecule has 134 valence electrons. The third-order valence-corrected chi connectivity index (χ3v) is 4.34. The second-order valence-corrected chi connectivity index (χ2v) is 6.60. The Balaban J connectivity index is 1.50. The van der Waals surface area contributed by atoms with Crippen molar-refractivity contribution < 1.29 is 13.9 Å². The summed E-state index contributed by atoms with van der Waals surface area (Å²) in [6.45, 7) is 1.93. The molecule has 0 spiro atoms. The molecule has 1 aromatic heterocycles. The number of amides is 1. The molecule has 0 atom stereocenters. The normalized spacial score (nSPS) is 10.5. The van der Waals surface area contributed by atoms with Crippen molar-refractivity contribution in [3.63, 3.8) is 0 Å². The van der Waals surface area contributed by atoms with Crippen LogP contribution in [0.4, 0.5) is 5.69 Å². The van der Waals surface area contributed by atoms with E-state index in [1.165, 1.54) is 11.8 Å². The molecule has 3 aromatic rings. The second-order valence-electron chi connectivity index (χ2n) is 5.23. The van der Waals surface area contributed by atoms with Gasteiger partial charge < -0.3 is 14.5 Å². The molecule has 0 saturated heterocycles. The molecule has 0 fully saturated rings. The minimum atomic E-state index is -0.155. The van der Waals surface area contributed by atoms with E-state index in [0.29, 0.717) is 39.7 Å². The molecule has 0 aliphatic carbocycles. The van der Waals surface area contributed by atoms with Gasteiger partial charge in [-0.1, -0.05) is 30.3 Å². The number of thioether (sulfide) groups is 1. The number of hydrogen-bond acceptors (Lipinski definition) is 6. The first-order valence-corrected chi connectivity index (χ1v) is 9.27. The number of anilines is 1. The molecule has 8 heteroatoms. The van der Waals surface area contributed by atoms with Gasteiger partial charge >= 0.3 is 0 Å². The zero-order chi connectivity index (χ0) is 18.4. The molecule has 0 radical (unpaired) electrons. The second kappa shape index (κ2) is 8.73. The maximum atomic E-state index is 12.0. The van der Waals surface area contributed by atoms with Crippen LogP contribution in [0.5, 0.6) is 11.5 Å². The summed E-state index contributed by atoms with van der Waals surface area (Å²) < 4.78 is 11.1. The van der Waals surface area contributed by atoms with Gasteiger partial charge in [-0.3, -0.25) is 4.79 Å². The van der Waals surface area contributed by atoms with Crippen molar-refractivity contribution in [2.24, 2.45) is 0 Å². The lowest BCUT2D eigenvalue weighted by molar-refractivity contribution is -0.113. The predicted molar refractivity (Wildman–Crippen MR) is 101 cm³/mol. The van der Waals surface area contributed by atoms with E-state index in [1.807, 2.05) is 6.92 Å². The van der Waals surface area contributed by atoms with Crippen molar-refractivity contribution in [3.8, 4) is 11.5 Å². The predicted octanol–water partition coefficient (Wildman–Crippen LogP) is 4.81. The fraction of sp³-hybridized carbons (Fsp3) is 0.167. The lowest BCUT2D eigenvalue weighted by Gasteiger charge is -2.08. The maximum absolute atomic E-state index is 12.0. The summed E-state index contributed by atoms with van der Waals surface area (Å²) in [6, 6.07) is 14.2. The molecule has 3 rings (SSSR count). The highest BCUT2D eigenvalue weighted by Crippen LogP contribution is 2.24. The number of ether oxygens (including phenoxy) is 1. The Bertz CT molecular complexity index is 866. The first kappa shape index (κ1) is 18.3. The van der Waals surface area contributed by atoms with Crippen molar-refractivity contribution in [3.05, 3.63) is 59.4 Å². The molecule has 0 aliphatic heterocycles. The van der Waals surface area contributed by atoms with Crippen LogP contribution >= 0.6 is 23.4 Å². The SMILES string of the molecule is CCc1nnc(SCC(=O)Nc2ccc(Oc3ccc(Cl)cc3)cc2)o1. The van der Waals surface area contributed by atoms with Gasteiger partial charge in [0.25, 0.3) is 5.22 Å². The summed E-state index contributed by atoms with van der Waals surface area (Å²) in [5.41, 5.74) is 0.679. The summed E-state index contributed by atoms with van der Waals surface area (Å²) in [5.74, 6) is 1.95.